The summed E-state index contributed by atoms with van der Waals surface area (Å²) in [6.07, 6.45) is 0. The van der Waals surface area contributed by atoms with Crippen LogP contribution in [0.2, 0.25) is 0 Å². The van der Waals surface area contributed by atoms with Gasteiger partial charge in [-0.15, -0.1) is 0 Å². The van der Waals surface area contributed by atoms with Crippen molar-refractivity contribution in [1.82, 2.24) is 9.80 Å². The van der Waals surface area contributed by atoms with Crippen LogP contribution in [0.3, 0.4) is 0 Å². The van der Waals surface area contributed by atoms with Gasteiger partial charge in [0, 0.05) is 50.4 Å². The maximum Gasteiger partial charge on any atom is 0.253 e. The quantitative estimate of drug-likeness (QED) is 0.701. The Morgan fingerprint density at radius 1 is 0.720 bits per heavy atom. The normalized spacial score (nSPS) is 13.8. The van der Waals surface area contributed by atoms with Gasteiger partial charge in [0.05, 0.1) is 9.79 Å². The topological polar surface area (TPSA) is 74.8 Å². The molecule has 2 aromatic carbocycles. The lowest BCUT2D eigenvalue weighted by Crippen LogP contribution is -2.22. The van der Waals surface area contributed by atoms with E-state index in [2.05, 4.69) is 0 Å². The molecule has 0 saturated heterocycles. The Hall–Kier alpha value is -2.67. The van der Waals surface area contributed by atoms with E-state index in [1.165, 1.54) is 21.9 Å². The molecule has 1 heterocycles. The first-order valence-electron chi connectivity index (χ1n) is 7.61. The third-order valence-corrected chi connectivity index (χ3v) is 5.97. The molecule has 0 saturated carbocycles. The van der Waals surface area contributed by atoms with Gasteiger partial charge in [0.1, 0.15) is 0 Å². The zero-order valence-electron chi connectivity index (χ0n) is 14.4. The van der Waals surface area contributed by atoms with Crippen LogP contribution in [0.5, 0.6) is 0 Å². The highest BCUT2D eigenvalue weighted by Gasteiger charge is 2.34. The molecule has 1 aliphatic heterocycles. The van der Waals surface area contributed by atoms with Crippen LogP contribution in [0.15, 0.2) is 46.2 Å². The molecule has 1 aliphatic rings. The molecule has 25 heavy (non-hydrogen) atoms. The number of fused-ring (bicyclic) bond motifs is 3. The van der Waals surface area contributed by atoms with E-state index in [0.717, 1.165) is 0 Å². The van der Waals surface area contributed by atoms with Crippen molar-refractivity contribution in [3.8, 4) is 11.1 Å². The number of hydrogen-bond donors (Lipinski definition) is 0. The predicted octanol–water partition coefficient (Wildman–Crippen LogP) is 1.90. The summed E-state index contributed by atoms with van der Waals surface area (Å²) in [5.74, 6) is -0.533. The van der Waals surface area contributed by atoms with Crippen molar-refractivity contribution in [3.63, 3.8) is 0 Å². The number of benzene rings is 2. The summed E-state index contributed by atoms with van der Waals surface area (Å²) in [7, 11) is 2.67. The Balaban J connectivity index is 2.17. The molecule has 3 rings (SSSR count). The number of rotatable bonds is 2. The molecule has 0 aliphatic carbocycles. The van der Waals surface area contributed by atoms with Crippen molar-refractivity contribution in [1.29, 1.82) is 0 Å². The largest absolute Gasteiger partial charge is 0.345 e. The minimum absolute atomic E-state index is 0.102. The molecule has 6 nitrogen and oxygen atoms in total. The highest BCUT2D eigenvalue weighted by molar-refractivity contribution is 7.92. The maximum absolute atomic E-state index is 12.9. The van der Waals surface area contributed by atoms with E-state index in [9.17, 15) is 18.0 Å². The standard InChI is InChI=1S/C18H18N2O4S/c1-19(2)17(21)11-5-7-13-14-8-6-12(18(22)20(3)4)10-16(14)25(23,24)15(13)9-11/h5-10H,1-4H3. The summed E-state index contributed by atoms with van der Waals surface area (Å²) in [6, 6.07) is 9.32. The second-order valence-electron chi connectivity index (χ2n) is 6.32. The summed E-state index contributed by atoms with van der Waals surface area (Å²) in [5.41, 5.74) is 1.72. The van der Waals surface area contributed by atoms with Gasteiger partial charge in [0.15, 0.2) is 0 Å². The number of carbonyl (C=O) groups is 2. The number of hydrogen-bond acceptors (Lipinski definition) is 4. The average molecular weight is 358 g/mol. The van der Waals surface area contributed by atoms with E-state index in [0.29, 0.717) is 22.3 Å². The van der Waals surface area contributed by atoms with Crippen molar-refractivity contribution in [2.75, 3.05) is 28.2 Å². The van der Waals surface area contributed by atoms with Crippen molar-refractivity contribution in [3.05, 3.63) is 47.5 Å². The second kappa shape index (κ2) is 5.70. The first kappa shape index (κ1) is 17.2. The van der Waals surface area contributed by atoms with Gasteiger partial charge in [-0.1, -0.05) is 12.1 Å². The van der Waals surface area contributed by atoms with Crippen LogP contribution in [0, 0.1) is 0 Å². The zero-order chi connectivity index (χ0) is 18.5. The van der Waals surface area contributed by atoms with E-state index >= 15 is 0 Å². The first-order valence-corrected chi connectivity index (χ1v) is 9.10. The van der Waals surface area contributed by atoms with Crippen molar-refractivity contribution in [2.45, 2.75) is 9.79 Å². The smallest absolute Gasteiger partial charge is 0.253 e. The lowest BCUT2D eigenvalue weighted by atomic mass is 10.0. The summed E-state index contributed by atoms with van der Waals surface area (Å²) >= 11 is 0. The second-order valence-corrected chi connectivity index (χ2v) is 8.21. The Kier molecular flexibility index (Phi) is 3.91. The number of nitrogens with zero attached hydrogens (tertiary/aromatic N) is 2. The van der Waals surface area contributed by atoms with E-state index in [-0.39, 0.29) is 21.6 Å². The Bertz CT molecular complexity index is 932. The highest BCUT2D eigenvalue weighted by atomic mass is 32.2. The number of carbonyl (C=O) groups excluding carboxylic acids is 2. The van der Waals surface area contributed by atoms with Crippen molar-refractivity contribution < 1.29 is 18.0 Å². The number of sulfone groups is 1. The lowest BCUT2D eigenvalue weighted by Gasteiger charge is -2.11. The van der Waals surface area contributed by atoms with Gasteiger partial charge < -0.3 is 9.80 Å². The van der Waals surface area contributed by atoms with Gasteiger partial charge in [-0.05, 0) is 24.3 Å². The van der Waals surface area contributed by atoms with E-state index in [1.54, 1.807) is 52.5 Å². The minimum atomic E-state index is -3.77. The molecule has 0 aromatic heterocycles. The Morgan fingerprint density at radius 3 is 1.40 bits per heavy atom. The molecule has 2 aromatic rings. The van der Waals surface area contributed by atoms with Crippen LogP contribution in [0.1, 0.15) is 20.7 Å². The Morgan fingerprint density at radius 2 is 1.08 bits per heavy atom. The molecule has 0 N–H and O–H groups in total. The van der Waals surface area contributed by atoms with Gasteiger partial charge in [-0.25, -0.2) is 8.42 Å². The molecular weight excluding hydrogens is 340 g/mol. The molecule has 130 valence electrons. The van der Waals surface area contributed by atoms with Crippen LogP contribution in [0.25, 0.3) is 11.1 Å². The molecule has 0 unspecified atom stereocenters. The van der Waals surface area contributed by atoms with Crippen LogP contribution in [-0.2, 0) is 9.84 Å². The molecule has 2 amide bonds. The molecule has 0 atom stereocenters. The zero-order valence-corrected chi connectivity index (χ0v) is 15.2. The minimum Gasteiger partial charge on any atom is -0.345 e. The van der Waals surface area contributed by atoms with E-state index < -0.39 is 9.84 Å². The van der Waals surface area contributed by atoms with Crippen LogP contribution < -0.4 is 0 Å². The van der Waals surface area contributed by atoms with Gasteiger partial charge in [-0.2, -0.15) is 0 Å². The van der Waals surface area contributed by atoms with Gasteiger partial charge in [0.25, 0.3) is 11.8 Å². The van der Waals surface area contributed by atoms with Crippen molar-refractivity contribution >= 4 is 21.7 Å². The average Bonchev–Trinajstić information content (AvgIpc) is 2.80. The van der Waals surface area contributed by atoms with E-state index in [1.807, 2.05) is 0 Å². The molecule has 0 spiro atoms. The van der Waals surface area contributed by atoms with Gasteiger partial charge >= 0.3 is 0 Å². The fourth-order valence-electron chi connectivity index (χ4n) is 2.84. The molecule has 0 radical (unpaired) electrons. The monoisotopic (exact) mass is 358 g/mol. The maximum atomic E-state index is 12.9. The fourth-order valence-corrected chi connectivity index (χ4v) is 4.57. The molecule has 0 bridgehead atoms. The third-order valence-electron chi connectivity index (χ3n) is 4.14. The Labute approximate surface area is 146 Å². The molecular formula is C18H18N2O4S. The highest BCUT2D eigenvalue weighted by Crippen LogP contribution is 2.43. The van der Waals surface area contributed by atoms with Crippen molar-refractivity contribution in [2.24, 2.45) is 0 Å². The third kappa shape index (κ3) is 2.60. The SMILES string of the molecule is CN(C)C(=O)c1ccc2c(c1)S(=O)(=O)c1cc(C(=O)N(C)C)ccc1-2. The van der Waals surface area contributed by atoms with Crippen LogP contribution in [-0.4, -0.2) is 58.2 Å². The fraction of sp³-hybridized carbons (Fsp3) is 0.222. The van der Waals surface area contributed by atoms with Gasteiger partial charge in [0.2, 0.25) is 9.84 Å². The lowest BCUT2D eigenvalue weighted by molar-refractivity contribution is 0.0820. The summed E-state index contributed by atoms with van der Waals surface area (Å²) in [4.78, 5) is 27.2. The van der Waals surface area contributed by atoms with Crippen LogP contribution in [0.4, 0.5) is 0 Å². The van der Waals surface area contributed by atoms with Crippen LogP contribution >= 0.6 is 0 Å². The van der Waals surface area contributed by atoms with Gasteiger partial charge in [-0.3, -0.25) is 9.59 Å². The van der Waals surface area contributed by atoms with E-state index in [4.69, 9.17) is 0 Å². The summed E-state index contributed by atoms with van der Waals surface area (Å²) in [6.45, 7) is 0. The predicted molar refractivity (Wildman–Crippen MR) is 93.4 cm³/mol. The summed E-state index contributed by atoms with van der Waals surface area (Å²) < 4.78 is 25.8. The molecule has 7 heteroatoms. The first-order chi connectivity index (χ1) is 11.6. The summed E-state index contributed by atoms with van der Waals surface area (Å²) in [5, 5.41) is 0. The molecule has 0 fully saturated rings. The number of amides is 2.